The van der Waals surface area contributed by atoms with Crippen molar-refractivity contribution in [1.29, 1.82) is 0 Å². The molecule has 1 aromatic heterocycles. The van der Waals surface area contributed by atoms with E-state index >= 15 is 0 Å². The number of hydrogen-bond donors (Lipinski definition) is 1. The first-order valence-electron chi connectivity index (χ1n) is 5.70. The van der Waals surface area contributed by atoms with Gasteiger partial charge in [-0.25, -0.2) is 9.78 Å². The van der Waals surface area contributed by atoms with E-state index in [-0.39, 0.29) is 11.8 Å². The van der Waals surface area contributed by atoms with Crippen molar-refractivity contribution in [3.05, 3.63) is 24.0 Å². The second-order valence-corrected chi connectivity index (χ2v) is 3.95. The average molecular weight is 237 g/mol. The molecule has 0 radical (unpaired) electrons. The summed E-state index contributed by atoms with van der Waals surface area (Å²) < 4.78 is 11.0. The lowest BCUT2D eigenvalue weighted by atomic mass is 10.1. The second-order valence-electron chi connectivity index (χ2n) is 3.95. The number of nitrogens with zero attached hydrogens (tertiary/aromatic N) is 1. The number of carboxylic acids is 1. The Labute approximate surface area is 99.4 Å². The first-order valence-corrected chi connectivity index (χ1v) is 5.70. The van der Waals surface area contributed by atoms with E-state index in [1.165, 1.54) is 6.20 Å². The van der Waals surface area contributed by atoms with E-state index < -0.39 is 5.97 Å². The van der Waals surface area contributed by atoms with Crippen LogP contribution in [-0.4, -0.2) is 35.4 Å². The fraction of sp³-hybridized carbons (Fsp3) is 0.500. The molecular weight excluding hydrogens is 222 g/mol. The van der Waals surface area contributed by atoms with Gasteiger partial charge in [-0.3, -0.25) is 0 Å². The Morgan fingerprint density at radius 3 is 3.18 bits per heavy atom. The first-order chi connectivity index (χ1) is 8.27. The van der Waals surface area contributed by atoms with E-state index in [2.05, 4.69) is 4.98 Å². The molecule has 92 valence electrons. The standard InChI is InChI=1S/C12H15NO4/c14-12(15)11-10(5-3-6-13-11)17-8-9-4-1-2-7-16-9/h3,5-6,9H,1-2,4,7-8H2,(H,14,15). The van der Waals surface area contributed by atoms with E-state index in [1.54, 1.807) is 12.1 Å². The van der Waals surface area contributed by atoms with Crippen molar-refractivity contribution < 1.29 is 19.4 Å². The third-order valence-electron chi connectivity index (χ3n) is 2.67. The summed E-state index contributed by atoms with van der Waals surface area (Å²) in [5.41, 5.74) is -0.0525. The summed E-state index contributed by atoms with van der Waals surface area (Å²) >= 11 is 0. The number of aromatic carboxylic acids is 1. The maximum absolute atomic E-state index is 10.9. The number of hydrogen-bond acceptors (Lipinski definition) is 4. The highest BCUT2D eigenvalue weighted by Gasteiger charge is 2.17. The summed E-state index contributed by atoms with van der Waals surface area (Å²) in [5.74, 6) is -0.778. The molecular formula is C12H15NO4. The van der Waals surface area contributed by atoms with Crippen molar-refractivity contribution in [2.45, 2.75) is 25.4 Å². The fourth-order valence-electron chi connectivity index (χ4n) is 1.79. The van der Waals surface area contributed by atoms with Crippen LogP contribution >= 0.6 is 0 Å². The van der Waals surface area contributed by atoms with Crippen molar-refractivity contribution in [3.8, 4) is 5.75 Å². The molecule has 1 saturated heterocycles. The number of ether oxygens (including phenoxy) is 2. The van der Waals surface area contributed by atoms with Crippen LogP contribution < -0.4 is 4.74 Å². The molecule has 1 aliphatic rings. The summed E-state index contributed by atoms with van der Waals surface area (Å²) in [4.78, 5) is 14.7. The predicted molar refractivity (Wildman–Crippen MR) is 60.3 cm³/mol. The lowest BCUT2D eigenvalue weighted by Gasteiger charge is -2.22. The summed E-state index contributed by atoms with van der Waals surface area (Å²) in [6.07, 6.45) is 4.68. The molecule has 5 nitrogen and oxygen atoms in total. The van der Waals surface area contributed by atoms with Gasteiger partial charge in [0.05, 0.1) is 6.10 Å². The summed E-state index contributed by atoms with van der Waals surface area (Å²) in [5, 5.41) is 8.93. The van der Waals surface area contributed by atoms with Gasteiger partial charge in [0.25, 0.3) is 0 Å². The Kier molecular flexibility index (Phi) is 3.93. The molecule has 2 rings (SSSR count). The van der Waals surface area contributed by atoms with Gasteiger partial charge in [0.2, 0.25) is 0 Å². The van der Waals surface area contributed by atoms with Crippen LogP contribution in [0.2, 0.25) is 0 Å². The Hall–Kier alpha value is -1.62. The average Bonchev–Trinajstić information content (AvgIpc) is 2.38. The van der Waals surface area contributed by atoms with Gasteiger partial charge in [0.1, 0.15) is 6.61 Å². The molecule has 0 bridgehead atoms. The van der Waals surface area contributed by atoms with Gasteiger partial charge in [-0.1, -0.05) is 0 Å². The van der Waals surface area contributed by atoms with Crippen molar-refractivity contribution in [2.24, 2.45) is 0 Å². The third-order valence-corrected chi connectivity index (χ3v) is 2.67. The molecule has 1 aliphatic heterocycles. The number of aromatic nitrogens is 1. The molecule has 2 heterocycles. The van der Waals surface area contributed by atoms with Gasteiger partial charge in [0, 0.05) is 12.8 Å². The molecule has 0 aromatic carbocycles. The molecule has 0 saturated carbocycles. The molecule has 0 amide bonds. The zero-order valence-corrected chi connectivity index (χ0v) is 9.46. The summed E-state index contributed by atoms with van der Waals surface area (Å²) in [7, 11) is 0. The van der Waals surface area contributed by atoms with Gasteiger partial charge >= 0.3 is 5.97 Å². The van der Waals surface area contributed by atoms with Crippen molar-refractivity contribution >= 4 is 5.97 Å². The quantitative estimate of drug-likeness (QED) is 0.863. The van der Waals surface area contributed by atoms with Crippen LogP contribution in [0.25, 0.3) is 0 Å². The van der Waals surface area contributed by atoms with E-state index in [1.807, 2.05) is 0 Å². The van der Waals surface area contributed by atoms with Crippen LogP contribution in [0, 0.1) is 0 Å². The molecule has 0 aliphatic carbocycles. The second kappa shape index (κ2) is 5.63. The van der Waals surface area contributed by atoms with Crippen LogP contribution in [0.3, 0.4) is 0 Å². The topological polar surface area (TPSA) is 68.7 Å². The van der Waals surface area contributed by atoms with Gasteiger partial charge in [-0.2, -0.15) is 0 Å². The van der Waals surface area contributed by atoms with E-state index in [9.17, 15) is 4.79 Å². The zero-order valence-electron chi connectivity index (χ0n) is 9.46. The number of pyridine rings is 1. The van der Waals surface area contributed by atoms with Crippen molar-refractivity contribution in [2.75, 3.05) is 13.2 Å². The smallest absolute Gasteiger partial charge is 0.358 e. The highest BCUT2D eigenvalue weighted by molar-refractivity contribution is 5.88. The maximum Gasteiger partial charge on any atom is 0.358 e. The fourth-order valence-corrected chi connectivity index (χ4v) is 1.79. The van der Waals surface area contributed by atoms with E-state index in [4.69, 9.17) is 14.6 Å². The van der Waals surface area contributed by atoms with E-state index in [0.29, 0.717) is 12.4 Å². The monoisotopic (exact) mass is 237 g/mol. The Morgan fingerprint density at radius 1 is 1.59 bits per heavy atom. The lowest BCUT2D eigenvalue weighted by Crippen LogP contribution is -2.26. The number of carboxylic acid groups (broad SMARTS) is 1. The van der Waals surface area contributed by atoms with Crippen LogP contribution in [0.5, 0.6) is 5.75 Å². The van der Waals surface area contributed by atoms with Gasteiger partial charge in [-0.15, -0.1) is 0 Å². The minimum Gasteiger partial charge on any atom is -0.488 e. The first kappa shape index (κ1) is 11.9. The molecule has 0 spiro atoms. The number of carbonyl (C=O) groups is 1. The van der Waals surface area contributed by atoms with Gasteiger partial charge in [-0.05, 0) is 31.4 Å². The van der Waals surface area contributed by atoms with E-state index in [0.717, 1.165) is 25.9 Å². The highest BCUT2D eigenvalue weighted by Crippen LogP contribution is 2.18. The SMILES string of the molecule is O=C(O)c1ncccc1OCC1CCCCO1. The summed E-state index contributed by atoms with van der Waals surface area (Å²) in [6.45, 7) is 1.14. The van der Waals surface area contributed by atoms with Crippen LogP contribution in [0.1, 0.15) is 29.8 Å². The molecule has 1 aromatic rings. The normalized spacial score (nSPS) is 19.9. The predicted octanol–water partition coefficient (Wildman–Crippen LogP) is 1.73. The third kappa shape index (κ3) is 3.17. The largest absolute Gasteiger partial charge is 0.488 e. The molecule has 5 heteroatoms. The van der Waals surface area contributed by atoms with Crippen LogP contribution in [-0.2, 0) is 4.74 Å². The van der Waals surface area contributed by atoms with Crippen molar-refractivity contribution in [3.63, 3.8) is 0 Å². The molecule has 1 N–H and O–H groups in total. The number of rotatable bonds is 4. The minimum absolute atomic E-state index is 0.0525. The molecule has 1 fully saturated rings. The Bertz CT molecular complexity index is 388. The highest BCUT2D eigenvalue weighted by atomic mass is 16.5. The van der Waals surface area contributed by atoms with Crippen LogP contribution in [0.4, 0.5) is 0 Å². The zero-order chi connectivity index (χ0) is 12.1. The van der Waals surface area contributed by atoms with Crippen LogP contribution in [0.15, 0.2) is 18.3 Å². The van der Waals surface area contributed by atoms with Gasteiger partial charge in [0.15, 0.2) is 11.4 Å². The Balaban J connectivity index is 1.96. The maximum atomic E-state index is 10.9. The van der Waals surface area contributed by atoms with Crippen molar-refractivity contribution in [1.82, 2.24) is 4.98 Å². The summed E-state index contributed by atoms with van der Waals surface area (Å²) in [6, 6.07) is 3.27. The molecule has 1 atom stereocenters. The van der Waals surface area contributed by atoms with Gasteiger partial charge < -0.3 is 14.6 Å². The minimum atomic E-state index is -1.08. The lowest BCUT2D eigenvalue weighted by molar-refractivity contribution is -0.0114. The molecule has 1 unspecified atom stereocenters. The molecule has 17 heavy (non-hydrogen) atoms. The Morgan fingerprint density at radius 2 is 2.47 bits per heavy atom.